The van der Waals surface area contributed by atoms with Crippen molar-refractivity contribution in [1.29, 1.82) is 0 Å². The number of hydrogen-bond acceptors (Lipinski definition) is 6. The maximum absolute atomic E-state index is 6.32. The van der Waals surface area contributed by atoms with Crippen LogP contribution < -0.4 is 4.90 Å². The smallest absolute Gasteiger partial charge is 0.132 e. The zero-order valence-electron chi connectivity index (χ0n) is 17.1. The second kappa shape index (κ2) is 8.78. The van der Waals surface area contributed by atoms with Gasteiger partial charge in [-0.05, 0) is 39.8 Å². The summed E-state index contributed by atoms with van der Waals surface area (Å²) in [5, 5.41) is 3.89. The molecule has 2 aromatic heterocycles. The minimum atomic E-state index is 0.556. The second-order valence-electron chi connectivity index (χ2n) is 7.67. The highest BCUT2D eigenvalue weighted by Crippen LogP contribution is 2.30. The van der Waals surface area contributed by atoms with Crippen molar-refractivity contribution in [2.24, 2.45) is 0 Å². The van der Waals surface area contributed by atoms with E-state index in [1.54, 1.807) is 11.3 Å². The molecule has 0 spiro atoms. The van der Waals surface area contributed by atoms with Crippen LogP contribution in [0.5, 0.6) is 0 Å². The lowest BCUT2D eigenvalue weighted by Gasteiger charge is -2.37. The van der Waals surface area contributed by atoms with Gasteiger partial charge < -0.3 is 4.90 Å². The normalized spacial score (nSPS) is 15.3. The van der Waals surface area contributed by atoms with Gasteiger partial charge in [0, 0.05) is 48.4 Å². The molecule has 3 aromatic rings. The minimum absolute atomic E-state index is 0.556. The van der Waals surface area contributed by atoms with E-state index < -0.39 is 0 Å². The zero-order valence-corrected chi connectivity index (χ0v) is 18.7. The van der Waals surface area contributed by atoms with Crippen molar-refractivity contribution >= 4 is 28.8 Å². The fourth-order valence-corrected chi connectivity index (χ4v) is 5.05. The van der Waals surface area contributed by atoms with E-state index in [2.05, 4.69) is 38.3 Å². The molecule has 3 heterocycles. The van der Waals surface area contributed by atoms with E-state index in [1.165, 1.54) is 0 Å². The Balaban J connectivity index is 1.36. The average molecular weight is 428 g/mol. The van der Waals surface area contributed by atoms with E-state index in [0.29, 0.717) is 6.04 Å². The molecule has 1 fully saturated rings. The number of aromatic nitrogens is 3. The first-order valence-corrected chi connectivity index (χ1v) is 11.2. The third-order valence-electron chi connectivity index (χ3n) is 5.43. The molecule has 0 saturated carbocycles. The van der Waals surface area contributed by atoms with Crippen LogP contribution in [-0.2, 0) is 6.54 Å². The highest BCUT2D eigenvalue weighted by atomic mass is 35.5. The molecule has 5 nitrogen and oxygen atoms in total. The predicted octanol–water partition coefficient (Wildman–Crippen LogP) is 4.97. The van der Waals surface area contributed by atoms with E-state index in [0.717, 1.165) is 71.1 Å². The van der Waals surface area contributed by atoms with Gasteiger partial charge in [0.25, 0.3) is 0 Å². The van der Waals surface area contributed by atoms with E-state index >= 15 is 0 Å². The van der Waals surface area contributed by atoms with Crippen molar-refractivity contribution in [1.82, 2.24) is 19.9 Å². The summed E-state index contributed by atoms with van der Waals surface area (Å²) in [6.45, 7) is 6.89. The third kappa shape index (κ3) is 4.77. The van der Waals surface area contributed by atoms with Crippen LogP contribution in [0.2, 0.25) is 5.02 Å². The van der Waals surface area contributed by atoms with Gasteiger partial charge in [0.2, 0.25) is 0 Å². The third-order valence-corrected chi connectivity index (χ3v) is 6.69. The summed E-state index contributed by atoms with van der Waals surface area (Å²) in [5.74, 6) is 1.90. The molecule has 1 aliphatic rings. The van der Waals surface area contributed by atoms with Crippen LogP contribution in [0.25, 0.3) is 10.6 Å². The summed E-state index contributed by atoms with van der Waals surface area (Å²) >= 11 is 7.98. The largest absolute Gasteiger partial charge is 0.356 e. The molecule has 0 amide bonds. The first kappa shape index (κ1) is 20.3. The molecule has 0 aliphatic carbocycles. The lowest BCUT2D eigenvalue weighted by atomic mass is 10.0. The minimum Gasteiger partial charge on any atom is -0.356 e. The molecule has 0 bridgehead atoms. The highest BCUT2D eigenvalue weighted by molar-refractivity contribution is 7.13. The molecule has 7 heteroatoms. The van der Waals surface area contributed by atoms with Crippen LogP contribution in [-0.4, -0.2) is 46.0 Å². The molecule has 1 saturated heterocycles. The summed E-state index contributed by atoms with van der Waals surface area (Å²) in [5.41, 5.74) is 3.15. The maximum atomic E-state index is 6.32. The van der Waals surface area contributed by atoms with Crippen LogP contribution in [0.1, 0.15) is 30.1 Å². The number of piperidine rings is 1. The Morgan fingerprint density at radius 2 is 1.90 bits per heavy atom. The van der Waals surface area contributed by atoms with Crippen molar-refractivity contribution in [2.45, 2.75) is 39.3 Å². The molecule has 1 aliphatic heterocycles. The van der Waals surface area contributed by atoms with Gasteiger partial charge in [-0.1, -0.05) is 29.8 Å². The first-order valence-electron chi connectivity index (χ1n) is 9.96. The summed E-state index contributed by atoms with van der Waals surface area (Å²) < 4.78 is 0. The molecule has 0 atom stereocenters. The highest BCUT2D eigenvalue weighted by Gasteiger charge is 2.24. The number of rotatable bonds is 5. The van der Waals surface area contributed by atoms with Crippen molar-refractivity contribution in [3.63, 3.8) is 0 Å². The van der Waals surface area contributed by atoms with Crippen molar-refractivity contribution < 1.29 is 0 Å². The molecule has 0 radical (unpaired) electrons. The number of benzene rings is 1. The number of halogens is 1. The van der Waals surface area contributed by atoms with Gasteiger partial charge in [0.1, 0.15) is 16.6 Å². The topological polar surface area (TPSA) is 45.2 Å². The predicted molar refractivity (Wildman–Crippen MR) is 121 cm³/mol. The van der Waals surface area contributed by atoms with Crippen molar-refractivity contribution in [3.05, 3.63) is 57.9 Å². The molecular weight excluding hydrogens is 402 g/mol. The number of hydrogen-bond donors (Lipinski definition) is 0. The van der Waals surface area contributed by atoms with Gasteiger partial charge in [-0.2, -0.15) is 0 Å². The number of aryl methyl sites for hydroxylation is 2. The Morgan fingerprint density at radius 1 is 1.14 bits per heavy atom. The second-order valence-corrected chi connectivity index (χ2v) is 8.94. The van der Waals surface area contributed by atoms with E-state index in [-0.39, 0.29) is 0 Å². The zero-order chi connectivity index (χ0) is 20.4. The summed E-state index contributed by atoms with van der Waals surface area (Å²) in [6.07, 6.45) is 2.25. The van der Waals surface area contributed by atoms with E-state index in [4.69, 9.17) is 16.6 Å². The van der Waals surface area contributed by atoms with Gasteiger partial charge in [-0.3, -0.25) is 4.90 Å². The van der Waals surface area contributed by atoms with E-state index in [9.17, 15) is 0 Å². The molecule has 29 heavy (non-hydrogen) atoms. The molecule has 4 rings (SSSR count). The SMILES string of the molecule is Cc1cc(N2CCC(N(C)Cc3csc(-c4ccccc4Cl)n3)CC2)nc(C)n1. The van der Waals surface area contributed by atoms with Crippen LogP contribution in [0.15, 0.2) is 35.7 Å². The van der Waals surface area contributed by atoms with Crippen LogP contribution in [0.3, 0.4) is 0 Å². The Bertz CT molecular complexity index is 961. The van der Waals surface area contributed by atoms with Gasteiger partial charge >= 0.3 is 0 Å². The number of thiazole rings is 1. The molecule has 1 aromatic carbocycles. The summed E-state index contributed by atoms with van der Waals surface area (Å²) in [4.78, 5) is 18.6. The van der Waals surface area contributed by atoms with Crippen LogP contribution >= 0.6 is 22.9 Å². The Kier molecular flexibility index (Phi) is 6.13. The lowest BCUT2D eigenvalue weighted by molar-refractivity contribution is 0.198. The lowest BCUT2D eigenvalue weighted by Crippen LogP contribution is -2.43. The van der Waals surface area contributed by atoms with Gasteiger partial charge in [0.05, 0.1) is 10.7 Å². The molecular formula is C22H26ClN5S. The summed E-state index contributed by atoms with van der Waals surface area (Å²) in [6, 6.07) is 10.5. The standard InChI is InChI=1S/C22H26ClN5S/c1-15-12-21(25-16(2)24-15)28-10-8-18(9-11-28)27(3)13-17-14-29-22(26-17)19-6-4-5-7-20(19)23/h4-7,12,14,18H,8-11,13H2,1-3H3. The van der Waals surface area contributed by atoms with Gasteiger partial charge in [-0.25, -0.2) is 15.0 Å². The molecule has 0 unspecified atom stereocenters. The fourth-order valence-electron chi connectivity index (χ4n) is 3.92. The number of nitrogens with zero attached hydrogens (tertiary/aromatic N) is 5. The van der Waals surface area contributed by atoms with Gasteiger partial charge in [-0.15, -0.1) is 11.3 Å². The Morgan fingerprint density at radius 3 is 2.62 bits per heavy atom. The Hall–Kier alpha value is -2.02. The molecule has 152 valence electrons. The summed E-state index contributed by atoms with van der Waals surface area (Å²) in [7, 11) is 2.20. The quantitative estimate of drug-likeness (QED) is 0.575. The number of anilines is 1. The first-order chi connectivity index (χ1) is 14.0. The molecule has 0 N–H and O–H groups in total. The maximum Gasteiger partial charge on any atom is 0.132 e. The van der Waals surface area contributed by atoms with Gasteiger partial charge in [0.15, 0.2) is 0 Å². The fraction of sp³-hybridized carbons (Fsp3) is 0.409. The van der Waals surface area contributed by atoms with Crippen molar-refractivity contribution in [3.8, 4) is 10.6 Å². The van der Waals surface area contributed by atoms with E-state index in [1.807, 2.05) is 38.1 Å². The monoisotopic (exact) mass is 427 g/mol. The van der Waals surface area contributed by atoms with Crippen LogP contribution in [0, 0.1) is 13.8 Å². The van der Waals surface area contributed by atoms with Crippen molar-refractivity contribution in [2.75, 3.05) is 25.0 Å². The van der Waals surface area contributed by atoms with Crippen LogP contribution in [0.4, 0.5) is 5.82 Å². The Labute approximate surface area is 181 Å². The average Bonchev–Trinajstić information content (AvgIpc) is 3.16.